The van der Waals surface area contributed by atoms with Gasteiger partial charge >= 0.3 is 0 Å². The topological polar surface area (TPSA) is 67.9 Å². The molecule has 0 saturated heterocycles. The van der Waals surface area contributed by atoms with Crippen molar-refractivity contribution in [2.24, 2.45) is 0 Å². The lowest BCUT2D eigenvalue weighted by Crippen LogP contribution is -2.45. The zero-order valence-corrected chi connectivity index (χ0v) is 17.5. The Hall–Kier alpha value is -2.80. The zero-order chi connectivity index (χ0) is 20.6. The van der Waals surface area contributed by atoms with E-state index < -0.39 is 16.5 Å². The molecule has 0 aromatic heterocycles. The number of nitrogens with one attached hydrogen (secondary N) is 1. The Bertz CT molecular complexity index is 982. The SMILES string of the molecule is CC(C)(C)N1C(=O)C(NCC2COc3ccccc3O2)=C(c2ccccc2)S1=O. The van der Waals surface area contributed by atoms with E-state index in [4.69, 9.17) is 9.47 Å². The Labute approximate surface area is 173 Å². The van der Waals surface area contributed by atoms with Crippen LogP contribution in [0.4, 0.5) is 0 Å². The maximum Gasteiger partial charge on any atom is 0.283 e. The standard InChI is InChI=1S/C22H24N2O4S/c1-22(2,3)24-21(25)19(20(29(24)26)15-9-5-4-6-10-15)23-13-16-14-27-17-11-7-8-12-18(17)28-16/h4-12,16,23H,13-14H2,1-3H3. The van der Waals surface area contributed by atoms with E-state index in [1.807, 2.05) is 75.4 Å². The summed E-state index contributed by atoms with van der Waals surface area (Å²) in [7, 11) is -1.59. The van der Waals surface area contributed by atoms with Crippen LogP contribution in [0.3, 0.4) is 0 Å². The lowest BCUT2D eigenvalue weighted by Gasteiger charge is -2.30. The highest BCUT2D eigenvalue weighted by Crippen LogP contribution is 2.36. The fourth-order valence-corrected chi connectivity index (χ4v) is 4.97. The second-order valence-electron chi connectivity index (χ2n) is 7.97. The number of carbonyl (C=O) groups excluding carboxylic acids is 1. The molecule has 29 heavy (non-hydrogen) atoms. The molecule has 0 fully saturated rings. The third-order valence-electron chi connectivity index (χ3n) is 4.69. The summed E-state index contributed by atoms with van der Waals surface area (Å²) in [6, 6.07) is 16.9. The molecule has 0 bridgehead atoms. The van der Waals surface area contributed by atoms with Crippen molar-refractivity contribution in [3.8, 4) is 11.5 Å². The summed E-state index contributed by atoms with van der Waals surface area (Å²) >= 11 is 0. The van der Waals surface area contributed by atoms with E-state index in [0.717, 1.165) is 5.56 Å². The summed E-state index contributed by atoms with van der Waals surface area (Å²) in [5.41, 5.74) is 0.543. The predicted octanol–water partition coefficient (Wildman–Crippen LogP) is 3.09. The Morgan fingerprint density at radius 1 is 1.07 bits per heavy atom. The summed E-state index contributed by atoms with van der Waals surface area (Å²) in [4.78, 5) is 13.7. The highest BCUT2D eigenvalue weighted by molar-refractivity contribution is 7.93. The van der Waals surface area contributed by atoms with Gasteiger partial charge in [-0.1, -0.05) is 42.5 Å². The molecule has 0 spiro atoms. The fourth-order valence-electron chi connectivity index (χ4n) is 3.38. The molecule has 7 heteroatoms. The van der Waals surface area contributed by atoms with Gasteiger partial charge in [0.15, 0.2) is 22.5 Å². The molecule has 2 atom stereocenters. The Morgan fingerprint density at radius 3 is 2.41 bits per heavy atom. The van der Waals surface area contributed by atoms with E-state index in [1.165, 1.54) is 4.31 Å². The maximum absolute atomic E-state index is 13.3. The van der Waals surface area contributed by atoms with Gasteiger partial charge in [0.1, 0.15) is 18.4 Å². The highest BCUT2D eigenvalue weighted by atomic mass is 32.2. The third kappa shape index (κ3) is 3.74. The molecular formula is C22H24N2O4S. The molecule has 6 nitrogen and oxygen atoms in total. The monoisotopic (exact) mass is 412 g/mol. The number of rotatable bonds is 4. The minimum absolute atomic E-state index is 0.264. The number of ether oxygens (including phenoxy) is 2. The van der Waals surface area contributed by atoms with Crippen LogP contribution in [-0.2, 0) is 15.8 Å². The van der Waals surface area contributed by atoms with E-state index >= 15 is 0 Å². The molecule has 2 aliphatic heterocycles. The van der Waals surface area contributed by atoms with Gasteiger partial charge in [-0.3, -0.25) is 4.79 Å². The van der Waals surface area contributed by atoms with Crippen LogP contribution in [0.15, 0.2) is 60.3 Å². The maximum atomic E-state index is 13.3. The summed E-state index contributed by atoms with van der Waals surface area (Å²) in [6.07, 6.45) is -0.264. The molecule has 0 radical (unpaired) electrons. The van der Waals surface area contributed by atoms with Gasteiger partial charge < -0.3 is 14.8 Å². The second-order valence-corrected chi connectivity index (χ2v) is 9.24. The number of carbonyl (C=O) groups is 1. The van der Waals surface area contributed by atoms with Crippen LogP contribution in [0.25, 0.3) is 4.91 Å². The zero-order valence-electron chi connectivity index (χ0n) is 16.7. The first kappa shape index (κ1) is 19.5. The number of fused-ring (bicyclic) bond motifs is 1. The molecule has 2 aliphatic rings. The number of hydrogen-bond donors (Lipinski definition) is 1. The number of benzene rings is 2. The van der Waals surface area contributed by atoms with Crippen LogP contribution in [0, 0.1) is 0 Å². The molecule has 1 N–H and O–H groups in total. The van der Waals surface area contributed by atoms with Crippen molar-refractivity contribution in [1.29, 1.82) is 0 Å². The van der Waals surface area contributed by atoms with Gasteiger partial charge in [0.25, 0.3) is 5.91 Å². The van der Waals surface area contributed by atoms with Crippen LogP contribution in [-0.4, -0.2) is 39.2 Å². The molecule has 0 aliphatic carbocycles. The first-order valence-electron chi connectivity index (χ1n) is 9.55. The molecule has 2 heterocycles. The van der Waals surface area contributed by atoms with Crippen molar-refractivity contribution in [1.82, 2.24) is 9.62 Å². The van der Waals surface area contributed by atoms with Crippen LogP contribution in [0.1, 0.15) is 26.3 Å². The molecule has 1 amide bonds. The van der Waals surface area contributed by atoms with Crippen molar-refractivity contribution in [2.45, 2.75) is 32.4 Å². The van der Waals surface area contributed by atoms with Crippen molar-refractivity contribution in [2.75, 3.05) is 13.2 Å². The number of amides is 1. The third-order valence-corrected chi connectivity index (χ3v) is 6.52. The molecule has 152 valence electrons. The summed E-state index contributed by atoms with van der Waals surface area (Å²) in [5, 5.41) is 3.20. The second kappa shape index (κ2) is 7.55. The van der Waals surface area contributed by atoms with E-state index in [-0.39, 0.29) is 12.0 Å². The number of para-hydroxylation sites is 2. The summed E-state index contributed by atoms with van der Waals surface area (Å²) in [5.74, 6) is 1.12. The van der Waals surface area contributed by atoms with Gasteiger partial charge in [-0.05, 0) is 38.5 Å². The average Bonchev–Trinajstić information content (AvgIpc) is 2.96. The average molecular weight is 413 g/mol. The van der Waals surface area contributed by atoms with E-state index in [2.05, 4.69) is 5.32 Å². The quantitative estimate of drug-likeness (QED) is 0.836. The molecule has 2 aromatic carbocycles. The largest absolute Gasteiger partial charge is 0.486 e. The minimum atomic E-state index is -1.59. The first-order valence-corrected chi connectivity index (χ1v) is 10.7. The van der Waals surface area contributed by atoms with Gasteiger partial charge in [-0.25, -0.2) is 8.51 Å². The van der Waals surface area contributed by atoms with Gasteiger partial charge in [-0.2, -0.15) is 0 Å². The normalized spacial score (nSPS) is 21.5. The summed E-state index contributed by atoms with van der Waals surface area (Å²) < 4.78 is 26.4. The Kier molecular flexibility index (Phi) is 5.08. The van der Waals surface area contributed by atoms with Gasteiger partial charge in [0.2, 0.25) is 0 Å². The molecule has 0 saturated carbocycles. The minimum Gasteiger partial charge on any atom is -0.486 e. The van der Waals surface area contributed by atoms with Gasteiger partial charge in [0.05, 0.1) is 11.4 Å². The summed E-state index contributed by atoms with van der Waals surface area (Å²) in [6.45, 7) is 6.37. The van der Waals surface area contributed by atoms with Crippen molar-refractivity contribution >= 4 is 21.8 Å². The van der Waals surface area contributed by atoms with E-state index in [9.17, 15) is 9.00 Å². The fraction of sp³-hybridized carbons (Fsp3) is 0.318. The molecule has 2 unspecified atom stereocenters. The predicted molar refractivity (Wildman–Crippen MR) is 112 cm³/mol. The smallest absolute Gasteiger partial charge is 0.283 e. The van der Waals surface area contributed by atoms with Crippen LogP contribution in [0.2, 0.25) is 0 Å². The Morgan fingerprint density at radius 2 is 1.72 bits per heavy atom. The van der Waals surface area contributed by atoms with Gasteiger partial charge in [0, 0.05) is 5.54 Å². The van der Waals surface area contributed by atoms with Gasteiger partial charge in [-0.15, -0.1) is 0 Å². The Balaban J connectivity index is 1.60. The van der Waals surface area contributed by atoms with E-state index in [0.29, 0.717) is 35.3 Å². The lowest BCUT2D eigenvalue weighted by atomic mass is 10.1. The molecular weight excluding hydrogens is 388 g/mol. The first-order chi connectivity index (χ1) is 13.9. The number of hydrogen-bond acceptors (Lipinski definition) is 5. The van der Waals surface area contributed by atoms with Crippen LogP contribution >= 0.6 is 0 Å². The van der Waals surface area contributed by atoms with Crippen LogP contribution in [0.5, 0.6) is 11.5 Å². The lowest BCUT2D eigenvalue weighted by molar-refractivity contribution is -0.125. The van der Waals surface area contributed by atoms with Crippen molar-refractivity contribution in [3.63, 3.8) is 0 Å². The van der Waals surface area contributed by atoms with Crippen molar-refractivity contribution in [3.05, 3.63) is 65.9 Å². The number of nitrogens with zero attached hydrogens (tertiary/aromatic N) is 1. The molecule has 4 rings (SSSR count). The van der Waals surface area contributed by atoms with Crippen molar-refractivity contribution < 1.29 is 18.5 Å². The van der Waals surface area contributed by atoms with Crippen LogP contribution < -0.4 is 14.8 Å². The highest BCUT2D eigenvalue weighted by Gasteiger charge is 2.44. The molecule has 2 aromatic rings. The van der Waals surface area contributed by atoms with E-state index in [1.54, 1.807) is 0 Å².